The first-order valence-corrected chi connectivity index (χ1v) is 15.0. The Morgan fingerprint density at radius 2 is 1.50 bits per heavy atom. The van der Waals surface area contributed by atoms with Gasteiger partial charge >= 0.3 is 6.09 Å². The Bertz CT molecular complexity index is 909. The van der Waals surface area contributed by atoms with Crippen LogP contribution in [-0.4, -0.2) is 95.7 Å². The zero-order valence-corrected chi connectivity index (χ0v) is 24.6. The molecule has 0 unspecified atom stereocenters. The number of carbonyl (C=O) groups excluding carboxylic acids is 5. The summed E-state index contributed by atoms with van der Waals surface area (Å²) in [7, 11) is 0. The lowest BCUT2D eigenvalue weighted by atomic mass is 9.81. The summed E-state index contributed by atoms with van der Waals surface area (Å²) in [5, 5.41) is 3.04. The van der Waals surface area contributed by atoms with Crippen LogP contribution in [0.5, 0.6) is 0 Å². The van der Waals surface area contributed by atoms with E-state index >= 15 is 0 Å². The maximum Gasteiger partial charge on any atom is 0.410 e. The van der Waals surface area contributed by atoms with Crippen molar-refractivity contribution < 1.29 is 28.7 Å². The van der Waals surface area contributed by atoms with Crippen molar-refractivity contribution >= 4 is 29.6 Å². The summed E-state index contributed by atoms with van der Waals surface area (Å²) in [6, 6.07) is 0. The molecule has 1 saturated carbocycles. The molecule has 224 valence electrons. The van der Waals surface area contributed by atoms with Gasteiger partial charge in [-0.25, -0.2) is 4.79 Å². The van der Waals surface area contributed by atoms with Gasteiger partial charge in [-0.3, -0.25) is 29.0 Å². The number of hydrogen-bond acceptors (Lipinski definition) is 7. The number of nitrogens with one attached hydrogen (secondary N) is 1. The van der Waals surface area contributed by atoms with Gasteiger partial charge in [0.1, 0.15) is 11.4 Å². The van der Waals surface area contributed by atoms with Crippen molar-refractivity contribution in [2.45, 2.75) is 90.6 Å². The lowest BCUT2D eigenvalue weighted by Gasteiger charge is -2.35. The summed E-state index contributed by atoms with van der Waals surface area (Å²) in [6.07, 6.45) is 10.3. The highest BCUT2D eigenvalue weighted by Crippen LogP contribution is 2.30. The van der Waals surface area contributed by atoms with Crippen molar-refractivity contribution in [1.29, 1.82) is 0 Å². The maximum absolute atomic E-state index is 12.5. The van der Waals surface area contributed by atoms with Crippen LogP contribution in [0.25, 0.3) is 0 Å². The van der Waals surface area contributed by atoms with E-state index in [0.29, 0.717) is 44.8 Å². The van der Waals surface area contributed by atoms with E-state index in [1.165, 1.54) is 17.1 Å². The van der Waals surface area contributed by atoms with Crippen LogP contribution in [0.4, 0.5) is 4.79 Å². The van der Waals surface area contributed by atoms with Gasteiger partial charge in [0.15, 0.2) is 0 Å². The highest BCUT2D eigenvalue weighted by Gasteiger charge is 2.31. The van der Waals surface area contributed by atoms with E-state index in [4.69, 9.17) is 4.74 Å². The number of ketones is 1. The fourth-order valence-corrected chi connectivity index (χ4v) is 5.56. The first kappa shape index (κ1) is 31.8. The fourth-order valence-electron chi connectivity index (χ4n) is 5.56. The summed E-state index contributed by atoms with van der Waals surface area (Å²) in [5.41, 5.74) is -0.483. The Morgan fingerprint density at radius 1 is 0.875 bits per heavy atom. The molecule has 1 saturated heterocycles. The second-order valence-corrected chi connectivity index (χ2v) is 12.4. The largest absolute Gasteiger partial charge is 0.444 e. The topological polar surface area (TPSA) is 116 Å². The zero-order chi connectivity index (χ0) is 29.1. The van der Waals surface area contributed by atoms with Gasteiger partial charge < -0.3 is 15.0 Å². The molecule has 2 aliphatic heterocycles. The smallest absolute Gasteiger partial charge is 0.410 e. The number of carbonyl (C=O) groups is 5. The summed E-state index contributed by atoms with van der Waals surface area (Å²) in [4.78, 5) is 65.8. The number of nitrogens with zero attached hydrogens (tertiary/aromatic N) is 3. The van der Waals surface area contributed by atoms with E-state index in [2.05, 4.69) is 10.2 Å². The second kappa shape index (κ2) is 15.3. The Balaban J connectivity index is 1.15. The summed E-state index contributed by atoms with van der Waals surface area (Å²) < 4.78 is 5.44. The van der Waals surface area contributed by atoms with E-state index < -0.39 is 5.60 Å². The lowest BCUT2D eigenvalue weighted by Crippen LogP contribution is -2.50. The zero-order valence-electron chi connectivity index (χ0n) is 24.6. The van der Waals surface area contributed by atoms with Gasteiger partial charge in [0.25, 0.3) is 11.8 Å². The summed E-state index contributed by atoms with van der Waals surface area (Å²) in [6.45, 7) is 10.5. The quantitative estimate of drug-likeness (QED) is 0.271. The number of rotatable bonds is 13. The lowest BCUT2D eigenvalue weighted by molar-refractivity contribution is -0.138. The van der Waals surface area contributed by atoms with Gasteiger partial charge in [0, 0.05) is 70.2 Å². The molecule has 2 heterocycles. The molecule has 3 aliphatic rings. The third-order valence-electron chi connectivity index (χ3n) is 7.94. The van der Waals surface area contributed by atoms with Crippen molar-refractivity contribution in [2.75, 3.05) is 45.8 Å². The molecule has 0 aromatic heterocycles. The molecule has 0 aromatic rings. The molecule has 0 atom stereocenters. The fraction of sp³-hybridized carbons (Fsp3) is 0.767. The second-order valence-electron chi connectivity index (χ2n) is 12.4. The molecule has 10 heteroatoms. The number of imide groups is 1. The summed E-state index contributed by atoms with van der Waals surface area (Å²) >= 11 is 0. The van der Waals surface area contributed by atoms with E-state index in [9.17, 15) is 24.0 Å². The van der Waals surface area contributed by atoms with Gasteiger partial charge in [-0.05, 0) is 78.2 Å². The van der Waals surface area contributed by atoms with Crippen molar-refractivity contribution in [2.24, 2.45) is 11.8 Å². The van der Waals surface area contributed by atoms with E-state index in [0.717, 1.165) is 71.0 Å². The van der Waals surface area contributed by atoms with Crippen LogP contribution in [0.15, 0.2) is 12.2 Å². The average molecular weight is 561 g/mol. The Morgan fingerprint density at radius 3 is 2.12 bits per heavy atom. The third kappa shape index (κ3) is 10.7. The molecular weight excluding hydrogens is 512 g/mol. The Labute approximate surface area is 238 Å². The normalized spacial score (nSPS) is 22.1. The van der Waals surface area contributed by atoms with E-state index in [-0.39, 0.29) is 35.7 Å². The van der Waals surface area contributed by atoms with Crippen LogP contribution < -0.4 is 5.32 Å². The standard InChI is InChI=1S/C30H48N4O6/c1-30(2,3)40-29(39)33-20-18-32(19-21-33)17-7-9-25(35)8-5-4-6-16-31-28(38)24-12-10-23(11-13-24)22-34-26(36)14-15-27(34)37/h14-15,23-24H,4-13,16-22H2,1-3H3,(H,31,38). The van der Waals surface area contributed by atoms with Crippen LogP contribution in [0.1, 0.15) is 85.0 Å². The molecule has 0 aromatic carbocycles. The Hall–Kier alpha value is -2.75. The van der Waals surface area contributed by atoms with Gasteiger partial charge in [-0.15, -0.1) is 0 Å². The first-order valence-electron chi connectivity index (χ1n) is 15.0. The molecule has 0 bridgehead atoms. The summed E-state index contributed by atoms with van der Waals surface area (Å²) in [5.74, 6) is 0.180. The molecule has 0 spiro atoms. The van der Waals surface area contributed by atoms with Crippen LogP contribution >= 0.6 is 0 Å². The number of hydrogen-bond donors (Lipinski definition) is 1. The van der Waals surface area contributed by atoms with Crippen LogP contribution in [0.2, 0.25) is 0 Å². The minimum Gasteiger partial charge on any atom is -0.444 e. The van der Waals surface area contributed by atoms with Gasteiger partial charge in [-0.2, -0.15) is 0 Å². The number of amides is 4. The van der Waals surface area contributed by atoms with Crippen molar-refractivity contribution in [3.63, 3.8) is 0 Å². The monoisotopic (exact) mass is 560 g/mol. The molecule has 2 fully saturated rings. The molecule has 0 radical (unpaired) electrons. The van der Waals surface area contributed by atoms with Crippen LogP contribution in [0, 0.1) is 11.8 Å². The first-order chi connectivity index (χ1) is 19.0. The van der Waals surface area contributed by atoms with Crippen LogP contribution in [0.3, 0.4) is 0 Å². The van der Waals surface area contributed by atoms with Crippen molar-refractivity contribution in [3.05, 3.63) is 12.2 Å². The molecular formula is C30H48N4O6. The molecule has 1 N–H and O–H groups in total. The number of unbranched alkanes of at least 4 members (excludes halogenated alkanes) is 2. The molecule has 1 aliphatic carbocycles. The van der Waals surface area contributed by atoms with Gasteiger partial charge in [0.05, 0.1) is 0 Å². The molecule has 4 amide bonds. The minimum absolute atomic E-state index is 0.00113. The molecule has 10 nitrogen and oxygen atoms in total. The van der Waals surface area contributed by atoms with Crippen molar-refractivity contribution in [1.82, 2.24) is 20.0 Å². The van der Waals surface area contributed by atoms with Crippen LogP contribution in [-0.2, 0) is 23.9 Å². The third-order valence-corrected chi connectivity index (χ3v) is 7.94. The highest BCUT2D eigenvalue weighted by atomic mass is 16.6. The van der Waals surface area contributed by atoms with Gasteiger partial charge in [0.2, 0.25) is 5.91 Å². The van der Waals surface area contributed by atoms with Gasteiger partial charge in [-0.1, -0.05) is 6.42 Å². The molecule has 3 rings (SSSR count). The molecule has 40 heavy (non-hydrogen) atoms. The Kier molecular flexibility index (Phi) is 12.2. The average Bonchev–Trinajstić information content (AvgIpc) is 3.22. The van der Waals surface area contributed by atoms with E-state index in [1.807, 2.05) is 20.8 Å². The predicted molar refractivity (Wildman–Crippen MR) is 151 cm³/mol. The number of Topliss-reactive ketones (excluding diaryl/α,β-unsaturated/α-hetero) is 1. The van der Waals surface area contributed by atoms with E-state index in [1.54, 1.807) is 4.90 Å². The highest BCUT2D eigenvalue weighted by molar-refractivity contribution is 6.12. The minimum atomic E-state index is -0.483. The predicted octanol–water partition coefficient (Wildman–Crippen LogP) is 3.30. The maximum atomic E-state index is 12.5. The SMILES string of the molecule is CC(C)(C)OC(=O)N1CCN(CCCC(=O)CCCCCNC(=O)C2CCC(CN3C(=O)C=CC3=O)CC2)CC1. The number of piperazine rings is 1. The van der Waals surface area contributed by atoms with Crippen molar-refractivity contribution in [3.8, 4) is 0 Å². The number of ether oxygens (including phenoxy) is 1.